The summed E-state index contributed by atoms with van der Waals surface area (Å²) in [5.41, 5.74) is 3.27. The SMILES string of the molecule is COc1ccccc1NC(=O)N1CCN(Cc2cc3cc(-c4cccc(F)c4)ccc3o2)CC1. The van der Waals surface area contributed by atoms with Gasteiger partial charge in [0.1, 0.15) is 22.9 Å². The highest BCUT2D eigenvalue weighted by atomic mass is 19.1. The van der Waals surface area contributed by atoms with E-state index in [2.05, 4.69) is 10.2 Å². The van der Waals surface area contributed by atoms with Crippen LogP contribution in [-0.4, -0.2) is 49.1 Å². The highest BCUT2D eigenvalue weighted by molar-refractivity contribution is 5.91. The molecule has 0 radical (unpaired) electrons. The molecule has 0 atom stereocenters. The number of fused-ring (bicyclic) bond motifs is 1. The average molecular weight is 460 g/mol. The molecular formula is C27H26FN3O3. The maximum Gasteiger partial charge on any atom is 0.322 e. The summed E-state index contributed by atoms with van der Waals surface area (Å²) in [4.78, 5) is 16.8. The van der Waals surface area contributed by atoms with Gasteiger partial charge in [0.05, 0.1) is 19.3 Å². The number of benzene rings is 3. The number of hydrogen-bond donors (Lipinski definition) is 1. The van der Waals surface area contributed by atoms with Gasteiger partial charge >= 0.3 is 6.03 Å². The molecule has 1 fully saturated rings. The molecule has 1 aliphatic rings. The van der Waals surface area contributed by atoms with E-state index in [-0.39, 0.29) is 11.8 Å². The zero-order valence-electron chi connectivity index (χ0n) is 19.0. The Hall–Kier alpha value is -3.84. The van der Waals surface area contributed by atoms with Crippen molar-refractivity contribution >= 4 is 22.7 Å². The molecule has 2 heterocycles. The van der Waals surface area contributed by atoms with E-state index < -0.39 is 0 Å². The topological polar surface area (TPSA) is 58.0 Å². The fourth-order valence-corrected chi connectivity index (χ4v) is 4.30. The van der Waals surface area contributed by atoms with Gasteiger partial charge in [0, 0.05) is 31.6 Å². The van der Waals surface area contributed by atoms with Crippen molar-refractivity contribution in [1.82, 2.24) is 9.80 Å². The van der Waals surface area contributed by atoms with Crippen molar-refractivity contribution in [1.29, 1.82) is 0 Å². The van der Waals surface area contributed by atoms with Crippen LogP contribution in [0.15, 0.2) is 77.2 Å². The molecule has 1 N–H and O–H groups in total. The Morgan fingerprint density at radius 3 is 2.56 bits per heavy atom. The van der Waals surface area contributed by atoms with Crippen LogP contribution in [0, 0.1) is 5.82 Å². The lowest BCUT2D eigenvalue weighted by Gasteiger charge is -2.34. The lowest BCUT2D eigenvalue weighted by atomic mass is 10.0. The number of nitrogens with zero attached hydrogens (tertiary/aromatic N) is 2. The van der Waals surface area contributed by atoms with E-state index in [1.807, 2.05) is 59.5 Å². The van der Waals surface area contributed by atoms with Crippen LogP contribution in [0.5, 0.6) is 5.75 Å². The predicted molar refractivity (Wildman–Crippen MR) is 130 cm³/mol. The molecule has 6 nitrogen and oxygen atoms in total. The normalized spacial score (nSPS) is 14.4. The number of piperazine rings is 1. The number of furan rings is 1. The molecule has 3 aromatic carbocycles. The van der Waals surface area contributed by atoms with Crippen molar-refractivity contribution in [2.24, 2.45) is 0 Å². The number of rotatable bonds is 5. The van der Waals surface area contributed by atoms with Crippen LogP contribution in [0.1, 0.15) is 5.76 Å². The number of halogens is 1. The fourth-order valence-electron chi connectivity index (χ4n) is 4.30. The van der Waals surface area contributed by atoms with Crippen LogP contribution in [0.3, 0.4) is 0 Å². The number of nitrogens with one attached hydrogen (secondary N) is 1. The molecule has 34 heavy (non-hydrogen) atoms. The standard InChI is InChI=1S/C27H26FN3O3/c1-33-26-8-3-2-7-24(26)29-27(32)31-13-11-30(12-14-31)18-23-17-21-15-20(9-10-25(21)34-23)19-5-4-6-22(28)16-19/h2-10,15-17H,11-14,18H2,1H3,(H,29,32). The molecule has 1 aromatic heterocycles. The second kappa shape index (κ2) is 9.57. The lowest BCUT2D eigenvalue weighted by Crippen LogP contribution is -2.49. The fraction of sp³-hybridized carbons (Fsp3) is 0.222. The van der Waals surface area contributed by atoms with Crippen molar-refractivity contribution in [2.45, 2.75) is 6.54 Å². The third kappa shape index (κ3) is 4.75. The molecule has 7 heteroatoms. The average Bonchev–Trinajstić information content (AvgIpc) is 3.26. The maximum absolute atomic E-state index is 13.6. The number of urea groups is 1. The van der Waals surface area contributed by atoms with Crippen LogP contribution >= 0.6 is 0 Å². The van der Waals surface area contributed by atoms with E-state index in [4.69, 9.17) is 9.15 Å². The number of para-hydroxylation sites is 2. The number of amides is 2. The van der Waals surface area contributed by atoms with Crippen LogP contribution in [0.2, 0.25) is 0 Å². The minimum Gasteiger partial charge on any atom is -0.495 e. The molecule has 0 aliphatic carbocycles. The van der Waals surface area contributed by atoms with Gasteiger partial charge < -0.3 is 19.4 Å². The van der Waals surface area contributed by atoms with E-state index in [0.29, 0.717) is 31.1 Å². The van der Waals surface area contributed by atoms with Gasteiger partial charge in [-0.3, -0.25) is 4.90 Å². The summed E-state index contributed by atoms with van der Waals surface area (Å²) in [6.45, 7) is 3.44. The summed E-state index contributed by atoms with van der Waals surface area (Å²) in [6, 6.07) is 21.8. The second-order valence-electron chi connectivity index (χ2n) is 8.37. The van der Waals surface area contributed by atoms with Gasteiger partial charge in [-0.15, -0.1) is 0 Å². The Bertz CT molecular complexity index is 1310. The maximum atomic E-state index is 13.6. The van der Waals surface area contributed by atoms with E-state index in [1.165, 1.54) is 12.1 Å². The third-order valence-electron chi connectivity index (χ3n) is 6.11. The minimum absolute atomic E-state index is 0.127. The van der Waals surface area contributed by atoms with Gasteiger partial charge in [-0.2, -0.15) is 0 Å². The molecule has 2 amide bonds. The van der Waals surface area contributed by atoms with E-state index in [9.17, 15) is 9.18 Å². The van der Waals surface area contributed by atoms with Gasteiger partial charge in [0.15, 0.2) is 0 Å². The molecular weight excluding hydrogens is 433 g/mol. The van der Waals surface area contributed by atoms with E-state index in [0.717, 1.165) is 40.9 Å². The van der Waals surface area contributed by atoms with Gasteiger partial charge in [-0.25, -0.2) is 9.18 Å². The number of methoxy groups -OCH3 is 1. The first-order chi connectivity index (χ1) is 16.6. The quantitative estimate of drug-likeness (QED) is 0.422. The van der Waals surface area contributed by atoms with Crippen molar-refractivity contribution in [3.8, 4) is 16.9 Å². The van der Waals surface area contributed by atoms with Gasteiger partial charge in [-0.05, 0) is 53.6 Å². The van der Waals surface area contributed by atoms with E-state index in [1.54, 1.807) is 13.2 Å². The minimum atomic E-state index is -0.249. The zero-order chi connectivity index (χ0) is 23.5. The smallest absolute Gasteiger partial charge is 0.322 e. The van der Waals surface area contributed by atoms with Gasteiger partial charge in [0.2, 0.25) is 0 Å². The number of carbonyl (C=O) groups is 1. The zero-order valence-corrected chi connectivity index (χ0v) is 19.0. The molecule has 0 bridgehead atoms. The Morgan fingerprint density at radius 2 is 1.76 bits per heavy atom. The van der Waals surface area contributed by atoms with Gasteiger partial charge in [0.25, 0.3) is 0 Å². The summed E-state index contributed by atoms with van der Waals surface area (Å²) in [5.74, 6) is 1.26. The summed E-state index contributed by atoms with van der Waals surface area (Å²) in [5, 5.41) is 3.93. The monoisotopic (exact) mass is 459 g/mol. The van der Waals surface area contributed by atoms with Crippen molar-refractivity contribution in [3.63, 3.8) is 0 Å². The molecule has 0 spiro atoms. The first kappa shape index (κ1) is 22.0. The Balaban J connectivity index is 1.20. The van der Waals surface area contributed by atoms with Crippen LogP contribution in [0.25, 0.3) is 22.1 Å². The van der Waals surface area contributed by atoms with Crippen LogP contribution < -0.4 is 10.1 Å². The molecule has 1 saturated heterocycles. The molecule has 174 valence electrons. The molecule has 4 aromatic rings. The number of hydrogen-bond acceptors (Lipinski definition) is 4. The highest BCUT2D eigenvalue weighted by Gasteiger charge is 2.22. The third-order valence-corrected chi connectivity index (χ3v) is 6.11. The van der Waals surface area contributed by atoms with Crippen molar-refractivity contribution < 1.29 is 18.3 Å². The summed E-state index contributed by atoms with van der Waals surface area (Å²) >= 11 is 0. The number of ether oxygens (including phenoxy) is 1. The Labute approximate surface area is 197 Å². The highest BCUT2D eigenvalue weighted by Crippen LogP contribution is 2.28. The van der Waals surface area contributed by atoms with Crippen molar-refractivity contribution in [2.75, 3.05) is 38.6 Å². The number of anilines is 1. The molecule has 5 rings (SSSR count). The summed E-state index contributed by atoms with van der Waals surface area (Å²) < 4.78 is 24.9. The largest absolute Gasteiger partial charge is 0.495 e. The molecule has 1 aliphatic heterocycles. The Morgan fingerprint density at radius 1 is 0.971 bits per heavy atom. The first-order valence-electron chi connectivity index (χ1n) is 11.3. The first-order valence-corrected chi connectivity index (χ1v) is 11.3. The second-order valence-corrected chi connectivity index (χ2v) is 8.37. The summed E-state index contributed by atoms with van der Waals surface area (Å²) in [6.07, 6.45) is 0. The Kier molecular flexibility index (Phi) is 6.18. The van der Waals surface area contributed by atoms with Crippen molar-refractivity contribution in [3.05, 3.63) is 84.4 Å². The molecule has 0 unspecified atom stereocenters. The predicted octanol–water partition coefficient (Wildman–Crippen LogP) is 5.60. The van der Waals surface area contributed by atoms with Gasteiger partial charge in [-0.1, -0.05) is 30.3 Å². The lowest BCUT2D eigenvalue weighted by molar-refractivity contribution is 0.137. The number of carbonyl (C=O) groups excluding carboxylic acids is 1. The van der Waals surface area contributed by atoms with Crippen LogP contribution in [0.4, 0.5) is 14.9 Å². The summed E-state index contributed by atoms with van der Waals surface area (Å²) in [7, 11) is 1.59. The van der Waals surface area contributed by atoms with E-state index >= 15 is 0 Å². The van der Waals surface area contributed by atoms with Crippen LogP contribution in [-0.2, 0) is 6.54 Å². The molecule has 0 saturated carbocycles.